The van der Waals surface area contributed by atoms with Crippen LogP contribution >= 0.6 is 0 Å². The van der Waals surface area contributed by atoms with Crippen molar-refractivity contribution in [2.24, 2.45) is 0 Å². The second-order valence-corrected chi connectivity index (χ2v) is 5.35. The highest BCUT2D eigenvalue weighted by atomic mass is 19.4. The van der Waals surface area contributed by atoms with Crippen molar-refractivity contribution in [3.05, 3.63) is 36.2 Å². The minimum atomic E-state index is -4.35. The molecule has 0 unspecified atom stereocenters. The van der Waals surface area contributed by atoms with Gasteiger partial charge in [0.1, 0.15) is 12.0 Å². The summed E-state index contributed by atoms with van der Waals surface area (Å²) in [5, 5.41) is 2.94. The van der Waals surface area contributed by atoms with E-state index in [-0.39, 0.29) is 0 Å². The van der Waals surface area contributed by atoms with Crippen LogP contribution in [0.25, 0.3) is 0 Å². The molecule has 3 rings (SSSR count). The van der Waals surface area contributed by atoms with Crippen molar-refractivity contribution in [3.8, 4) is 0 Å². The molecule has 0 aliphatic carbocycles. The van der Waals surface area contributed by atoms with Gasteiger partial charge in [0.05, 0.1) is 5.56 Å². The van der Waals surface area contributed by atoms with Gasteiger partial charge in [-0.15, -0.1) is 0 Å². The Hall–Kier alpha value is -2.51. The number of rotatable bonds is 3. The molecular weight excluding hydrogens is 307 g/mol. The molecule has 0 amide bonds. The van der Waals surface area contributed by atoms with E-state index in [0.29, 0.717) is 23.0 Å². The van der Waals surface area contributed by atoms with E-state index in [9.17, 15) is 13.2 Å². The molecule has 5 nitrogen and oxygen atoms in total. The lowest BCUT2D eigenvalue weighted by Gasteiger charge is -2.19. The number of nitrogen functional groups attached to an aromatic ring is 1. The quantitative estimate of drug-likeness (QED) is 0.906. The first-order valence-electron chi connectivity index (χ1n) is 7.25. The monoisotopic (exact) mass is 323 g/mol. The van der Waals surface area contributed by atoms with Gasteiger partial charge in [-0.1, -0.05) is 0 Å². The van der Waals surface area contributed by atoms with E-state index in [2.05, 4.69) is 20.2 Å². The summed E-state index contributed by atoms with van der Waals surface area (Å²) in [6.07, 6.45) is -0.776. The zero-order valence-electron chi connectivity index (χ0n) is 12.3. The molecule has 23 heavy (non-hydrogen) atoms. The molecular formula is C15H16F3N5. The Morgan fingerprint density at radius 1 is 1.04 bits per heavy atom. The molecule has 1 aromatic carbocycles. The van der Waals surface area contributed by atoms with E-state index < -0.39 is 11.7 Å². The van der Waals surface area contributed by atoms with E-state index in [4.69, 9.17) is 5.73 Å². The average Bonchev–Trinajstić information content (AvgIpc) is 3.03. The number of nitrogens with two attached hydrogens (primary N) is 1. The van der Waals surface area contributed by atoms with Gasteiger partial charge >= 0.3 is 6.18 Å². The van der Waals surface area contributed by atoms with Crippen molar-refractivity contribution in [1.29, 1.82) is 0 Å². The SMILES string of the molecule is Nc1c(Nc2ccc(C(F)(F)F)cc2)ncnc1N1CCCC1. The summed E-state index contributed by atoms with van der Waals surface area (Å²) in [5.74, 6) is 1.05. The van der Waals surface area contributed by atoms with Crippen LogP contribution in [0.1, 0.15) is 18.4 Å². The van der Waals surface area contributed by atoms with Gasteiger partial charge in [-0.05, 0) is 37.1 Å². The molecule has 2 aromatic rings. The first-order valence-corrected chi connectivity index (χ1v) is 7.25. The summed E-state index contributed by atoms with van der Waals surface area (Å²) in [4.78, 5) is 10.4. The van der Waals surface area contributed by atoms with Crippen LogP contribution in [-0.2, 0) is 6.18 Å². The van der Waals surface area contributed by atoms with Gasteiger partial charge < -0.3 is 16.0 Å². The third-order valence-electron chi connectivity index (χ3n) is 3.74. The van der Waals surface area contributed by atoms with Crippen molar-refractivity contribution in [3.63, 3.8) is 0 Å². The normalized spacial score (nSPS) is 15.0. The Kier molecular flexibility index (Phi) is 3.97. The summed E-state index contributed by atoms with van der Waals surface area (Å²) < 4.78 is 37.7. The van der Waals surface area contributed by atoms with Crippen LogP contribution in [0.15, 0.2) is 30.6 Å². The van der Waals surface area contributed by atoms with Gasteiger partial charge in [0.2, 0.25) is 0 Å². The number of anilines is 4. The molecule has 1 aliphatic rings. The standard InChI is InChI=1S/C15H16F3N5/c16-15(17,18)10-3-5-11(6-4-10)22-13-12(19)14(21-9-20-13)23-7-1-2-8-23/h3-6,9H,1-2,7-8,19H2,(H,20,21,22). The highest BCUT2D eigenvalue weighted by Gasteiger charge is 2.30. The topological polar surface area (TPSA) is 67.1 Å². The molecule has 2 heterocycles. The van der Waals surface area contributed by atoms with Gasteiger partial charge in [-0.3, -0.25) is 0 Å². The number of halogens is 3. The fourth-order valence-corrected chi connectivity index (χ4v) is 2.55. The molecule has 1 aliphatic heterocycles. The number of alkyl halides is 3. The predicted molar refractivity (Wildman–Crippen MR) is 82.6 cm³/mol. The largest absolute Gasteiger partial charge is 0.416 e. The Morgan fingerprint density at radius 3 is 2.30 bits per heavy atom. The minimum absolute atomic E-state index is 0.390. The second kappa shape index (κ2) is 5.94. The summed E-state index contributed by atoms with van der Waals surface area (Å²) >= 11 is 0. The van der Waals surface area contributed by atoms with Crippen LogP contribution in [0.2, 0.25) is 0 Å². The van der Waals surface area contributed by atoms with Crippen molar-refractivity contribution in [1.82, 2.24) is 9.97 Å². The summed E-state index contributed by atoms with van der Waals surface area (Å²) in [6, 6.07) is 4.72. The Bertz CT molecular complexity index is 679. The molecule has 1 saturated heterocycles. The van der Waals surface area contributed by atoms with Crippen LogP contribution in [0.4, 0.5) is 36.2 Å². The van der Waals surface area contributed by atoms with Gasteiger partial charge in [-0.2, -0.15) is 13.2 Å². The van der Waals surface area contributed by atoms with Crippen LogP contribution in [0.3, 0.4) is 0 Å². The maximum atomic E-state index is 12.6. The molecule has 8 heteroatoms. The van der Waals surface area contributed by atoms with Gasteiger partial charge in [0.15, 0.2) is 11.6 Å². The lowest BCUT2D eigenvalue weighted by atomic mass is 10.2. The fraction of sp³-hybridized carbons (Fsp3) is 0.333. The van der Waals surface area contributed by atoms with Crippen LogP contribution in [-0.4, -0.2) is 23.1 Å². The molecule has 0 spiro atoms. The van der Waals surface area contributed by atoms with Crippen molar-refractivity contribution in [2.45, 2.75) is 19.0 Å². The lowest BCUT2D eigenvalue weighted by Crippen LogP contribution is -2.21. The Balaban J connectivity index is 1.81. The highest BCUT2D eigenvalue weighted by Crippen LogP contribution is 2.32. The van der Waals surface area contributed by atoms with Crippen molar-refractivity contribution in [2.75, 3.05) is 29.0 Å². The van der Waals surface area contributed by atoms with E-state index >= 15 is 0 Å². The van der Waals surface area contributed by atoms with E-state index in [1.165, 1.54) is 18.5 Å². The molecule has 1 aromatic heterocycles. The highest BCUT2D eigenvalue weighted by molar-refractivity contribution is 5.78. The van der Waals surface area contributed by atoms with Crippen LogP contribution < -0.4 is 16.0 Å². The Morgan fingerprint density at radius 2 is 1.70 bits per heavy atom. The zero-order valence-corrected chi connectivity index (χ0v) is 12.3. The average molecular weight is 323 g/mol. The maximum Gasteiger partial charge on any atom is 0.416 e. The van der Waals surface area contributed by atoms with E-state index in [1.807, 2.05) is 0 Å². The maximum absolute atomic E-state index is 12.6. The molecule has 0 atom stereocenters. The number of benzene rings is 1. The number of hydrogen-bond donors (Lipinski definition) is 2. The summed E-state index contributed by atoms with van der Waals surface area (Å²) in [5.41, 5.74) is 6.28. The molecule has 0 bridgehead atoms. The number of aromatic nitrogens is 2. The zero-order chi connectivity index (χ0) is 16.4. The summed E-state index contributed by atoms with van der Waals surface area (Å²) in [6.45, 7) is 1.78. The van der Waals surface area contributed by atoms with Crippen LogP contribution in [0.5, 0.6) is 0 Å². The molecule has 3 N–H and O–H groups in total. The third-order valence-corrected chi connectivity index (χ3v) is 3.74. The minimum Gasteiger partial charge on any atom is -0.393 e. The molecule has 1 fully saturated rings. The number of nitrogens with one attached hydrogen (secondary N) is 1. The van der Waals surface area contributed by atoms with Gasteiger partial charge in [-0.25, -0.2) is 9.97 Å². The van der Waals surface area contributed by atoms with Crippen molar-refractivity contribution >= 4 is 23.0 Å². The summed E-state index contributed by atoms with van der Waals surface area (Å²) in [7, 11) is 0. The number of hydrogen-bond acceptors (Lipinski definition) is 5. The molecule has 122 valence electrons. The third kappa shape index (κ3) is 3.30. The first-order chi connectivity index (χ1) is 10.9. The molecule has 0 saturated carbocycles. The van der Waals surface area contributed by atoms with Gasteiger partial charge in [0, 0.05) is 18.8 Å². The number of nitrogens with zero attached hydrogens (tertiary/aromatic N) is 3. The fourth-order valence-electron chi connectivity index (χ4n) is 2.55. The second-order valence-electron chi connectivity index (χ2n) is 5.35. The van der Waals surface area contributed by atoms with Gasteiger partial charge in [0.25, 0.3) is 0 Å². The first kappa shape index (κ1) is 15.4. The molecule has 0 radical (unpaired) electrons. The lowest BCUT2D eigenvalue weighted by molar-refractivity contribution is -0.137. The van der Waals surface area contributed by atoms with Crippen molar-refractivity contribution < 1.29 is 13.2 Å². The Labute approximate surface area is 131 Å². The smallest absolute Gasteiger partial charge is 0.393 e. The van der Waals surface area contributed by atoms with E-state index in [0.717, 1.165) is 38.1 Å². The van der Waals surface area contributed by atoms with Crippen LogP contribution in [0, 0.1) is 0 Å². The van der Waals surface area contributed by atoms with E-state index in [1.54, 1.807) is 0 Å². The predicted octanol–water partition coefficient (Wildman–Crippen LogP) is 3.42.